The van der Waals surface area contributed by atoms with Crippen LogP contribution in [0.5, 0.6) is 5.75 Å². The highest BCUT2D eigenvalue weighted by molar-refractivity contribution is 7.07. The van der Waals surface area contributed by atoms with Crippen molar-refractivity contribution in [2.75, 3.05) is 6.61 Å². The SMILES string of the molecule is Cc1cc(Cl)ccc1OCC(=O)N=c1sccn1C. The van der Waals surface area contributed by atoms with Gasteiger partial charge in [-0.05, 0) is 30.7 Å². The molecule has 0 spiro atoms. The minimum absolute atomic E-state index is 0.0830. The van der Waals surface area contributed by atoms with Crippen LogP contribution in [-0.2, 0) is 11.8 Å². The smallest absolute Gasteiger partial charge is 0.286 e. The monoisotopic (exact) mass is 296 g/mol. The first-order valence-corrected chi connectivity index (χ1v) is 6.88. The second-order valence-electron chi connectivity index (χ2n) is 4.00. The minimum atomic E-state index is -0.313. The maximum Gasteiger partial charge on any atom is 0.286 e. The van der Waals surface area contributed by atoms with Crippen molar-refractivity contribution in [3.63, 3.8) is 0 Å². The van der Waals surface area contributed by atoms with E-state index < -0.39 is 0 Å². The van der Waals surface area contributed by atoms with Gasteiger partial charge in [0.1, 0.15) is 5.75 Å². The first-order valence-electron chi connectivity index (χ1n) is 5.63. The summed E-state index contributed by atoms with van der Waals surface area (Å²) < 4.78 is 7.22. The Morgan fingerprint density at radius 3 is 2.95 bits per heavy atom. The highest BCUT2D eigenvalue weighted by atomic mass is 35.5. The van der Waals surface area contributed by atoms with Crippen LogP contribution in [0.25, 0.3) is 0 Å². The Balaban J connectivity index is 2.03. The van der Waals surface area contributed by atoms with E-state index in [1.165, 1.54) is 11.3 Å². The number of benzene rings is 1. The van der Waals surface area contributed by atoms with E-state index in [0.29, 0.717) is 15.6 Å². The van der Waals surface area contributed by atoms with Gasteiger partial charge >= 0.3 is 0 Å². The topological polar surface area (TPSA) is 43.6 Å². The van der Waals surface area contributed by atoms with E-state index in [1.54, 1.807) is 22.8 Å². The average Bonchev–Trinajstić information content (AvgIpc) is 2.74. The van der Waals surface area contributed by atoms with Crippen molar-refractivity contribution in [3.8, 4) is 5.75 Å². The van der Waals surface area contributed by atoms with Crippen molar-refractivity contribution in [2.45, 2.75) is 6.92 Å². The highest BCUT2D eigenvalue weighted by Gasteiger charge is 2.04. The number of aromatic nitrogens is 1. The third-order valence-electron chi connectivity index (χ3n) is 2.47. The molecule has 2 aromatic rings. The molecule has 19 heavy (non-hydrogen) atoms. The number of carbonyl (C=O) groups excluding carboxylic acids is 1. The Bertz CT molecular complexity index is 661. The number of ether oxygens (including phenoxy) is 1. The molecule has 0 aliphatic heterocycles. The van der Waals surface area contributed by atoms with Gasteiger partial charge in [-0.2, -0.15) is 4.99 Å². The summed E-state index contributed by atoms with van der Waals surface area (Å²) in [5, 5.41) is 2.52. The summed E-state index contributed by atoms with van der Waals surface area (Å²) in [6, 6.07) is 5.26. The maximum absolute atomic E-state index is 11.7. The molecule has 6 heteroatoms. The number of thiazole rings is 1. The molecule has 0 saturated heterocycles. The van der Waals surface area contributed by atoms with Gasteiger partial charge in [-0.3, -0.25) is 4.79 Å². The van der Waals surface area contributed by atoms with Gasteiger partial charge in [0.15, 0.2) is 11.4 Å². The van der Waals surface area contributed by atoms with Gasteiger partial charge in [-0.15, -0.1) is 11.3 Å². The summed E-state index contributed by atoms with van der Waals surface area (Å²) in [6.45, 7) is 1.79. The molecule has 100 valence electrons. The second-order valence-corrected chi connectivity index (χ2v) is 5.31. The van der Waals surface area contributed by atoms with Crippen molar-refractivity contribution in [1.29, 1.82) is 0 Å². The zero-order valence-electron chi connectivity index (χ0n) is 10.6. The van der Waals surface area contributed by atoms with Gasteiger partial charge < -0.3 is 9.30 Å². The Hall–Kier alpha value is -1.59. The van der Waals surface area contributed by atoms with Crippen LogP contribution in [0.3, 0.4) is 0 Å². The lowest BCUT2D eigenvalue weighted by molar-refractivity contribution is -0.120. The standard InChI is InChI=1S/C13H13ClN2O2S/c1-9-7-10(14)3-4-11(9)18-8-12(17)15-13-16(2)5-6-19-13/h3-7H,8H2,1-2H3. The van der Waals surface area contributed by atoms with Crippen LogP contribution >= 0.6 is 22.9 Å². The molecule has 2 rings (SSSR count). The predicted molar refractivity (Wildman–Crippen MR) is 75.5 cm³/mol. The van der Waals surface area contributed by atoms with Crippen molar-refractivity contribution in [1.82, 2.24) is 4.57 Å². The Kier molecular flexibility index (Phi) is 4.39. The molecule has 0 atom stereocenters. The molecule has 0 saturated carbocycles. The van der Waals surface area contributed by atoms with Crippen LogP contribution in [0.2, 0.25) is 5.02 Å². The summed E-state index contributed by atoms with van der Waals surface area (Å²) in [7, 11) is 1.84. The number of hydrogen-bond donors (Lipinski definition) is 0. The lowest BCUT2D eigenvalue weighted by atomic mass is 10.2. The fourth-order valence-electron chi connectivity index (χ4n) is 1.49. The van der Waals surface area contributed by atoms with Crippen LogP contribution in [0.1, 0.15) is 5.56 Å². The Labute approximate surface area is 119 Å². The van der Waals surface area contributed by atoms with E-state index in [-0.39, 0.29) is 12.5 Å². The van der Waals surface area contributed by atoms with Crippen LogP contribution < -0.4 is 9.54 Å². The van der Waals surface area contributed by atoms with Crippen molar-refractivity contribution in [2.24, 2.45) is 12.0 Å². The number of nitrogens with zero attached hydrogens (tertiary/aromatic N) is 2. The van der Waals surface area contributed by atoms with E-state index in [4.69, 9.17) is 16.3 Å². The Morgan fingerprint density at radius 2 is 2.32 bits per heavy atom. The molecule has 4 nitrogen and oxygen atoms in total. The van der Waals surface area contributed by atoms with Gasteiger partial charge in [0.2, 0.25) is 0 Å². The van der Waals surface area contributed by atoms with E-state index in [2.05, 4.69) is 4.99 Å². The van der Waals surface area contributed by atoms with Gasteiger partial charge in [-0.25, -0.2) is 0 Å². The largest absolute Gasteiger partial charge is 0.483 e. The van der Waals surface area contributed by atoms with E-state index in [0.717, 1.165) is 5.56 Å². The zero-order valence-corrected chi connectivity index (χ0v) is 12.2. The van der Waals surface area contributed by atoms with Crippen LogP contribution in [-0.4, -0.2) is 17.1 Å². The molecule has 1 aromatic heterocycles. The molecule has 0 aliphatic rings. The molecule has 0 unspecified atom stereocenters. The summed E-state index contributed by atoms with van der Waals surface area (Å²) in [5.74, 6) is 0.330. The molecule has 1 amide bonds. The predicted octanol–water partition coefficient (Wildman–Crippen LogP) is 2.55. The second kappa shape index (κ2) is 6.04. The van der Waals surface area contributed by atoms with Gasteiger partial charge in [0.25, 0.3) is 5.91 Å². The molecule has 1 aromatic carbocycles. The summed E-state index contributed by atoms with van der Waals surface area (Å²) in [5.41, 5.74) is 0.891. The quantitative estimate of drug-likeness (QED) is 0.874. The molecule has 0 bridgehead atoms. The van der Waals surface area contributed by atoms with Crippen molar-refractivity contribution >= 4 is 28.8 Å². The number of aryl methyl sites for hydroxylation is 2. The van der Waals surface area contributed by atoms with Crippen molar-refractivity contribution in [3.05, 3.63) is 45.2 Å². The van der Waals surface area contributed by atoms with Gasteiger partial charge in [0.05, 0.1) is 0 Å². The van der Waals surface area contributed by atoms with Gasteiger partial charge in [0, 0.05) is 23.6 Å². The fraction of sp³-hybridized carbons (Fsp3) is 0.231. The van der Waals surface area contributed by atoms with Crippen LogP contribution in [0, 0.1) is 6.92 Å². The van der Waals surface area contributed by atoms with E-state index in [1.807, 2.05) is 25.5 Å². The van der Waals surface area contributed by atoms with Crippen LogP contribution in [0.4, 0.5) is 0 Å². The number of hydrogen-bond acceptors (Lipinski definition) is 3. The molecular formula is C13H13ClN2O2S. The van der Waals surface area contributed by atoms with Crippen LogP contribution in [0.15, 0.2) is 34.8 Å². The molecule has 0 fully saturated rings. The maximum atomic E-state index is 11.7. The van der Waals surface area contributed by atoms with Crippen molar-refractivity contribution < 1.29 is 9.53 Å². The highest BCUT2D eigenvalue weighted by Crippen LogP contribution is 2.21. The molecular weight excluding hydrogens is 284 g/mol. The third kappa shape index (κ3) is 3.68. The van der Waals surface area contributed by atoms with Gasteiger partial charge in [-0.1, -0.05) is 11.6 Å². The average molecular weight is 297 g/mol. The first-order chi connectivity index (χ1) is 9.06. The minimum Gasteiger partial charge on any atom is -0.483 e. The summed E-state index contributed by atoms with van der Waals surface area (Å²) in [4.78, 5) is 16.3. The third-order valence-corrected chi connectivity index (χ3v) is 3.55. The number of amides is 1. The lowest BCUT2D eigenvalue weighted by Crippen LogP contribution is -2.16. The van der Waals surface area contributed by atoms with E-state index >= 15 is 0 Å². The molecule has 1 heterocycles. The number of carbonyl (C=O) groups is 1. The fourth-order valence-corrected chi connectivity index (χ4v) is 2.46. The molecule has 0 N–H and O–H groups in total. The first kappa shape index (κ1) is 13.8. The lowest BCUT2D eigenvalue weighted by Gasteiger charge is -2.06. The molecule has 0 radical (unpaired) electrons. The Morgan fingerprint density at radius 1 is 1.53 bits per heavy atom. The summed E-state index contributed by atoms with van der Waals surface area (Å²) >= 11 is 7.26. The number of halogens is 1. The molecule has 0 aliphatic carbocycles. The summed E-state index contributed by atoms with van der Waals surface area (Å²) in [6.07, 6.45) is 1.85. The van der Waals surface area contributed by atoms with E-state index in [9.17, 15) is 4.79 Å². The number of rotatable bonds is 3. The zero-order chi connectivity index (χ0) is 13.8. The normalized spacial score (nSPS) is 11.6.